The molecule has 1 heterocycles. The summed E-state index contributed by atoms with van der Waals surface area (Å²) in [5.74, 6) is 1.97. The standard InChI is InChI=1S/C11H21NO/c13-8-7-12-6-5-10-3-1-2-4-11(10)9-12/h10-11,13H,1-9H2. The number of hydrogen-bond donors (Lipinski definition) is 1. The van der Waals surface area contributed by atoms with E-state index in [1.165, 1.54) is 45.2 Å². The average molecular weight is 183 g/mol. The van der Waals surface area contributed by atoms with Crippen LogP contribution in [0.25, 0.3) is 0 Å². The Kier molecular flexibility index (Phi) is 3.23. The third kappa shape index (κ3) is 2.23. The number of rotatable bonds is 2. The molecule has 0 bridgehead atoms. The first kappa shape index (κ1) is 9.47. The van der Waals surface area contributed by atoms with Gasteiger partial charge < -0.3 is 10.0 Å². The largest absolute Gasteiger partial charge is 0.395 e. The van der Waals surface area contributed by atoms with E-state index in [4.69, 9.17) is 5.11 Å². The molecule has 1 saturated heterocycles. The molecule has 0 amide bonds. The molecule has 0 aromatic rings. The Labute approximate surface area is 80.9 Å². The highest BCUT2D eigenvalue weighted by Gasteiger charge is 2.30. The van der Waals surface area contributed by atoms with Crippen LogP contribution in [0.3, 0.4) is 0 Å². The van der Waals surface area contributed by atoms with Crippen molar-refractivity contribution < 1.29 is 5.11 Å². The third-order valence-corrected chi connectivity index (χ3v) is 3.79. The van der Waals surface area contributed by atoms with Gasteiger partial charge in [0, 0.05) is 13.1 Å². The van der Waals surface area contributed by atoms with Crippen LogP contribution in [0, 0.1) is 11.8 Å². The highest BCUT2D eigenvalue weighted by Crippen LogP contribution is 2.35. The first-order valence-electron chi connectivity index (χ1n) is 5.73. The number of aliphatic hydroxyl groups is 1. The van der Waals surface area contributed by atoms with Gasteiger partial charge in [0.25, 0.3) is 0 Å². The predicted molar refractivity (Wildman–Crippen MR) is 53.6 cm³/mol. The lowest BCUT2D eigenvalue weighted by Gasteiger charge is -2.41. The van der Waals surface area contributed by atoms with Gasteiger partial charge in [0.2, 0.25) is 0 Å². The van der Waals surface area contributed by atoms with Crippen molar-refractivity contribution in [2.75, 3.05) is 26.2 Å². The summed E-state index contributed by atoms with van der Waals surface area (Å²) < 4.78 is 0. The van der Waals surface area contributed by atoms with Crippen LogP contribution in [0.2, 0.25) is 0 Å². The zero-order chi connectivity index (χ0) is 9.10. The number of likely N-dealkylation sites (tertiary alicyclic amines) is 1. The molecule has 0 aromatic carbocycles. The van der Waals surface area contributed by atoms with Crippen LogP contribution in [-0.2, 0) is 0 Å². The summed E-state index contributed by atoms with van der Waals surface area (Å²) >= 11 is 0. The van der Waals surface area contributed by atoms with Crippen molar-refractivity contribution >= 4 is 0 Å². The summed E-state index contributed by atoms with van der Waals surface area (Å²) in [5, 5.41) is 8.87. The summed E-state index contributed by atoms with van der Waals surface area (Å²) in [5.41, 5.74) is 0. The Morgan fingerprint density at radius 1 is 1.08 bits per heavy atom. The van der Waals surface area contributed by atoms with Gasteiger partial charge in [-0.3, -0.25) is 0 Å². The summed E-state index contributed by atoms with van der Waals surface area (Å²) in [7, 11) is 0. The van der Waals surface area contributed by atoms with Crippen molar-refractivity contribution in [3.8, 4) is 0 Å². The van der Waals surface area contributed by atoms with E-state index in [-0.39, 0.29) is 0 Å². The monoisotopic (exact) mass is 183 g/mol. The van der Waals surface area contributed by atoms with Gasteiger partial charge in [0.1, 0.15) is 0 Å². The van der Waals surface area contributed by atoms with E-state index in [1.807, 2.05) is 0 Å². The van der Waals surface area contributed by atoms with Crippen molar-refractivity contribution in [3.05, 3.63) is 0 Å². The van der Waals surface area contributed by atoms with Crippen LogP contribution in [-0.4, -0.2) is 36.2 Å². The number of β-amino-alcohol motifs (C(OH)–C–C–N with tert-alkyl or cyclic N) is 1. The highest BCUT2D eigenvalue weighted by molar-refractivity contribution is 4.83. The van der Waals surface area contributed by atoms with Crippen molar-refractivity contribution in [3.63, 3.8) is 0 Å². The van der Waals surface area contributed by atoms with Crippen LogP contribution in [0.1, 0.15) is 32.1 Å². The van der Waals surface area contributed by atoms with Crippen molar-refractivity contribution in [2.45, 2.75) is 32.1 Å². The van der Waals surface area contributed by atoms with E-state index >= 15 is 0 Å². The number of hydrogen-bond acceptors (Lipinski definition) is 2. The molecule has 13 heavy (non-hydrogen) atoms. The lowest BCUT2D eigenvalue weighted by atomic mass is 9.75. The van der Waals surface area contributed by atoms with E-state index in [1.54, 1.807) is 0 Å². The average Bonchev–Trinajstić information content (AvgIpc) is 2.18. The van der Waals surface area contributed by atoms with Gasteiger partial charge in [-0.25, -0.2) is 0 Å². The molecule has 76 valence electrons. The van der Waals surface area contributed by atoms with Gasteiger partial charge in [-0.1, -0.05) is 19.3 Å². The van der Waals surface area contributed by atoms with E-state index in [2.05, 4.69) is 4.90 Å². The maximum atomic E-state index is 8.87. The zero-order valence-electron chi connectivity index (χ0n) is 8.41. The molecular weight excluding hydrogens is 162 g/mol. The lowest BCUT2D eigenvalue weighted by Crippen LogP contribution is -2.42. The van der Waals surface area contributed by atoms with Gasteiger partial charge in [-0.15, -0.1) is 0 Å². The molecule has 2 heteroatoms. The molecule has 0 spiro atoms. The van der Waals surface area contributed by atoms with Crippen LogP contribution in [0.5, 0.6) is 0 Å². The molecule has 2 fully saturated rings. The Hall–Kier alpha value is -0.0800. The molecular formula is C11H21NO. The minimum absolute atomic E-state index is 0.331. The van der Waals surface area contributed by atoms with Gasteiger partial charge in [0.05, 0.1) is 6.61 Å². The van der Waals surface area contributed by atoms with Gasteiger partial charge >= 0.3 is 0 Å². The van der Waals surface area contributed by atoms with Crippen molar-refractivity contribution in [1.29, 1.82) is 0 Å². The Balaban J connectivity index is 1.84. The van der Waals surface area contributed by atoms with Gasteiger partial charge in [0.15, 0.2) is 0 Å². The minimum Gasteiger partial charge on any atom is -0.395 e. The third-order valence-electron chi connectivity index (χ3n) is 3.79. The molecule has 0 aromatic heterocycles. The maximum absolute atomic E-state index is 8.87. The molecule has 2 atom stereocenters. The fourth-order valence-electron chi connectivity index (χ4n) is 3.02. The van der Waals surface area contributed by atoms with E-state index in [0.29, 0.717) is 6.61 Å². The first-order chi connectivity index (χ1) is 6.40. The smallest absolute Gasteiger partial charge is 0.0558 e. The quantitative estimate of drug-likeness (QED) is 0.701. The molecule has 1 aliphatic heterocycles. The first-order valence-corrected chi connectivity index (χ1v) is 5.73. The second-order valence-electron chi connectivity index (χ2n) is 4.62. The minimum atomic E-state index is 0.331. The molecule has 2 rings (SSSR count). The summed E-state index contributed by atoms with van der Waals surface area (Å²) in [4.78, 5) is 2.44. The number of aliphatic hydroxyl groups excluding tert-OH is 1. The van der Waals surface area contributed by atoms with Crippen molar-refractivity contribution in [2.24, 2.45) is 11.8 Å². The van der Waals surface area contributed by atoms with Crippen LogP contribution < -0.4 is 0 Å². The zero-order valence-corrected chi connectivity index (χ0v) is 8.41. The normalized spacial score (nSPS) is 35.8. The van der Waals surface area contributed by atoms with E-state index in [0.717, 1.165) is 18.4 Å². The van der Waals surface area contributed by atoms with Crippen LogP contribution >= 0.6 is 0 Å². The molecule has 2 nitrogen and oxygen atoms in total. The van der Waals surface area contributed by atoms with Crippen molar-refractivity contribution in [1.82, 2.24) is 4.90 Å². The number of piperidine rings is 1. The fourth-order valence-corrected chi connectivity index (χ4v) is 3.02. The molecule has 2 aliphatic rings. The molecule has 2 unspecified atom stereocenters. The molecule has 0 radical (unpaired) electrons. The molecule has 1 aliphatic carbocycles. The summed E-state index contributed by atoms with van der Waals surface area (Å²) in [6.07, 6.45) is 7.18. The SMILES string of the molecule is OCCN1CCC2CCCCC2C1. The van der Waals surface area contributed by atoms with E-state index < -0.39 is 0 Å². The van der Waals surface area contributed by atoms with Gasteiger partial charge in [-0.2, -0.15) is 0 Å². The second-order valence-corrected chi connectivity index (χ2v) is 4.62. The Morgan fingerprint density at radius 3 is 2.62 bits per heavy atom. The summed E-state index contributed by atoms with van der Waals surface area (Å²) in [6.45, 7) is 3.70. The van der Waals surface area contributed by atoms with Gasteiger partial charge in [-0.05, 0) is 31.2 Å². The topological polar surface area (TPSA) is 23.5 Å². The molecule has 1 saturated carbocycles. The summed E-state index contributed by atoms with van der Waals surface area (Å²) in [6, 6.07) is 0. The van der Waals surface area contributed by atoms with E-state index in [9.17, 15) is 0 Å². The number of fused-ring (bicyclic) bond motifs is 1. The fraction of sp³-hybridized carbons (Fsp3) is 1.00. The maximum Gasteiger partial charge on any atom is 0.0558 e. The second kappa shape index (κ2) is 4.43. The predicted octanol–water partition coefficient (Wildman–Crippen LogP) is 1.49. The Morgan fingerprint density at radius 2 is 1.85 bits per heavy atom. The highest BCUT2D eigenvalue weighted by atomic mass is 16.3. The van der Waals surface area contributed by atoms with Crippen LogP contribution in [0.15, 0.2) is 0 Å². The van der Waals surface area contributed by atoms with Crippen LogP contribution in [0.4, 0.5) is 0 Å². The lowest BCUT2D eigenvalue weighted by molar-refractivity contribution is 0.0738. The number of nitrogens with zero attached hydrogens (tertiary/aromatic N) is 1. The Bertz CT molecular complexity index is 160. The molecule has 1 N–H and O–H groups in total.